The van der Waals surface area contributed by atoms with E-state index in [-0.39, 0.29) is 16.7 Å². The molecule has 25 heavy (non-hydrogen) atoms. The second kappa shape index (κ2) is 8.32. The number of hydrogen-bond donors (Lipinski definition) is 4. The first-order valence-corrected chi connectivity index (χ1v) is 8.65. The third-order valence-electron chi connectivity index (χ3n) is 4.14. The number of benzene rings is 1. The van der Waals surface area contributed by atoms with Crippen molar-refractivity contribution in [2.24, 2.45) is 10.2 Å². The molecule has 0 aliphatic carbocycles. The molecule has 1 saturated heterocycles. The van der Waals surface area contributed by atoms with Crippen molar-refractivity contribution in [3.05, 3.63) is 24.0 Å². The quantitative estimate of drug-likeness (QED) is 0.365. The minimum Gasteiger partial charge on any atom is -0.493 e. The maximum Gasteiger partial charge on any atom is 0.218 e. The van der Waals surface area contributed by atoms with Gasteiger partial charge in [-0.05, 0) is 30.4 Å². The highest BCUT2D eigenvalue weighted by molar-refractivity contribution is 7.80. The van der Waals surface area contributed by atoms with E-state index in [0.717, 1.165) is 39.3 Å². The molecule has 1 aliphatic rings. The van der Waals surface area contributed by atoms with Gasteiger partial charge in [0, 0.05) is 18.4 Å². The third-order valence-corrected chi connectivity index (χ3v) is 4.36. The predicted molar refractivity (Wildman–Crippen MR) is 96.0 cm³/mol. The Balaban J connectivity index is 1.50. The Bertz CT molecular complexity index is 773. The van der Waals surface area contributed by atoms with Crippen LogP contribution in [0.3, 0.4) is 0 Å². The number of aromatic amines is 1. The number of azo groups is 1. The Labute approximate surface area is 149 Å². The summed E-state index contributed by atoms with van der Waals surface area (Å²) >= 11 is 5.12. The molecule has 3 rings (SSSR count). The Morgan fingerprint density at radius 3 is 3.00 bits per heavy atom. The van der Waals surface area contributed by atoms with Crippen LogP contribution < -0.4 is 10.2 Å². The highest BCUT2D eigenvalue weighted by atomic mass is 32.1. The lowest BCUT2D eigenvalue weighted by atomic mass is 10.2. The zero-order chi connectivity index (χ0) is 17.6. The third kappa shape index (κ3) is 4.71. The minimum atomic E-state index is -0.408. The average Bonchev–Trinajstić information content (AvgIpc) is 2.92. The molecule has 0 amide bonds. The van der Waals surface area contributed by atoms with Crippen molar-refractivity contribution in [2.45, 2.75) is 6.42 Å². The molecule has 7 nitrogen and oxygen atoms in total. The number of aromatic nitrogens is 1. The normalized spacial score (nSPS) is 15.9. The number of H-pyrrole nitrogens is 1. The predicted octanol–water partition coefficient (Wildman–Crippen LogP) is 1.28. The van der Waals surface area contributed by atoms with Crippen molar-refractivity contribution >= 4 is 33.9 Å². The number of halogens is 1. The van der Waals surface area contributed by atoms with Gasteiger partial charge >= 0.3 is 0 Å². The van der Waals surface area contributed by atoms with Gasteiger partial charge in [0.25, 0.3) is 0 Å². The molecule has 0 radical (unpaired) electrons. The van der Waals surface area contributed by atoms with Crippen molar-refractivity contribution in [2.75, 3.05) is 39.4 Å². The standard InChI is InChI=1S/C16H20FN5O2S/c17-11-2-3-13-12(10-11)14(15(23)19-13)20-21-16(25)18-4-1-5-22-6-8-24-9-7-22/h2-3,10,19,23H,1,4-9H2,(H,18,25)/p+1. The summed E-state index contributed by atoms with van der Waals surface area (Å²) in [6.45, 7) is 5.49. The lowest BCUT2D eigenvalue weighted by molar-refractivity contribution is -0.908. The van der Waals surface area contributed by atoms with Crippen molar-refractivity contribution in [1.82, 2.24) is 10.3 Å². The van der Waals surface area contributed by atoms with E-state index in [4.69, 9.17) is 17.0 Å². The number of morpholine rings is 1. The van der Waals surface area contributed by atoms with Gasteiger partial charge in [0.15, 0.2) is 5.69 Å². The lowest BCUT2D eigenvalue weighted by Crippen LogP contribution is -3.14. The van der Waals surface area contributed by atoms with Gasteiger partial charge in [0.1, 0.15) is 18.9 Å². The van der Waals surface area contributed by atoms with E-state index >= 15 is 0 Å². The van der Waals surface area contributed by atoms with Crippen LogP contribution in [0.2, 0.25) is 0 Å². The van der Waals surface area contributed by atoms with Crippen LogP contribution in [0.25, 0.3) is 10.9 Å². The van der Waals surface area contributed by atoms with E-state index in [2.05, 4.69) is 20.5 Å². The van der Waals surface area contributed by atoms with Crippen LogP contribution in [-0.4, -0.2) is 54.6 Å². The van der Waals surface area contributed by atoms with E-state index < -0.39 is 5.82 Å². The van der Waals surface area contributed by atoms with Crippen LogP contribution in [0.15, 0.2) is 28.4 Å². The van der Waals surface area contributed by atoms with Crippen molar-refractivity contribution in [3.63, 3.8) is 0 Å². The zero-order valence-corrected chi connectivity index (χ0v) is 14.5. The number of aromatic hydroxyl groups is 1. The maximum atomic E-state index is 13.4. The van der Waals surface area contributed by atoms with E-state index in [9.17, 15) is 9.50 Å². The molecule has 0 unspecified atom stereocenters. The number of nitrogens with zero attached hydrogens (tertiary/aromatic N) is 2. The second-order valence-electron chi connectivity index (χ2n) is 5.91. The molecule has 0 spiro atoms. The molecule has 1 aromatic carbocycles. The van der Waals surface area contributed by atoms with E-state index in [1.54, 1.807) is 0 Å². The molecular formula is C16H21FN5O2S+. The number of quaternary nitrogens is 1. The second-order valence-corrected chi connectivity index (χ2v) is 6.30. The molecule has 1 aromatic heterocycles. The van der Waals surface area contributed by atoms with Crippen molar-refractivity contribution < 1.29 is 19.1 Å². The molecule has 0 bridgehead atoms. The topological polar surface area (TPSA) is 86.4 Å². The molecule has 1 aliphatic heterocycles. The number of ether oxygens (including phenoxy) is 1. The summed E-state index contributed by atoms with van der Waals surface area (Å²) in [5, 5.41) is 21.5. The average molecular weight is 366 g/mol. The largest absolute Gasteiger partial charge is 0.493 e. The van der Waals surface area contributed by atoms with Crippen molar-refractivity contribution in [3.8, 4) is 5.88 Å². The van der Waals surface area contributed by atoms with E-state index in [0.29, 0.717) is 17.4 Å². The number of rotatable bonds is 5. The van der Waals surface area contributed by atoms with Crippen LogP contribution in [0.4, 0.5) is 10.1 Å². The summed E-state index contributed by atoms with van der Waals surface area (Å²) in [4.78, 5) is 4.26. The zero-order valence-electron chi connectivity index (χ0n) is 13.7. The fraction of sp³-hybridized carbons (Fsp3) is 0.438. The summed E-state index contributed by atoms with van der Waals surface area (Å²) in [5.74, 6) is -0.572. The first kappa shape index (κ1) is 17.7. The summed E-state index contributed by atoms with van der Waals surface area (Å²) in [6, 6.07) is 4.14. The summed E-state index contributed by atoms with van der Waals surface area (Å²) in [6.07, 6.45) is 0.967. The molecule has 2 aromatic rings. The SMILES string of the molecule is Oc1[nH]c2ccc(F)cc2c1N=NC(=S)NCCC[NH+]1CCOCC1. The summed E-state index contributed by atoms with van der Waals surface area (Å²) < 4.78 is 18.7. The smallest absolute Gasteiger partial charge is 0.218 e. The Kier molecular flexibility index (Phi) is 5.90. The van der Waals surface area contributed by atoms with Gasteiger partial charge in [-0.25, -0.2) is 4.39 Å². The van der Waals surface area contributed by atoms with Crippen LogP contribution in [-0.2, 0) is 4.74 Å². The first-order valence-electron chi connectivity index (χ1n) is 8.24. The highest BCUT2D eigenvalue weighted by Crippen LogP contribution is 2.35. The van der Waals surface area contributed by atoms with Crippen LogP contribution in [0.5, 0.6) is 5.88 Å². The fourth-order valence-corrected chi connectivity index (χ4v) is 2.95. The Hall–Kier alpha value is -2.10. The monoisotopic (exact) mass is 366 g/mol. The Morgan fingerprint density at radius 2 is 2.20 bits per heavy atom. The highest BCUT2D eigenvalue weighted by Gasteiger charge is 2.13. The van der Waals surface area contributed by atoms with Crippen LogP contribution in [0, 0.1) is 5.82 Å². The van der Waals surface area contributed by atoms with Crippen LogP contribution >= 0.6 is 12.2 Å². The van der Waals surface area contributed by atoms with E-state index in [1.807, 2.05) is 0 Å². The summed E-state index contributed by atoms with van der Waals surface area (Å²) in [5.41, 5.74) is 0.761. The number of thiocarbonyl (C=S) groups is 1. The molecule has 0 atom stereocenters. The molecular weight excluding hydrogens is 345 g/mol. The molecule has 1 fully saturated rings. The Morgan fingerprint density at radius 1 is 1.40 bits per heavy atom. The molecule has 9 heteroatoms. The van der Waals surface area contributed by atoms with Gasteiger partial charge in [0.2, 0.25) is 11.0 Å². The van der Waals surface area contributed by atoms with Crippen LogP contribution in [0.1, 0.15) is 6.42 Å². The molecule has 2 heterocycles. The number of nitrogens with one attached hydrogen (secondary N) is 3. The molecule has 4 N–H and O–H groups in total. The van der Waals surface area contributed by atoms with Gasteiger partial charge in [0.05, 0.1) is 25.3 Å². The fourth-order valence-electron chi connectivity index (χ4n) is 2.81. The van der Waals surface area contributed by atoms with Crippen molar-refractivity contribution in [1.29, 1.82) is 0 Å². The van der Waals surface area contributed by atoms with Gasteiger partial charge in [-0.1, -0.05) is 0 Å². The first-order chi connectivity index (χ1) is 12.1. The lowest BCUT2D eigenvalue weighted by Gasteiger charge is -2.23. The van der Waals surface area contributed by atoms with Gasteiger partial charge in [-0.15, -0.1) is 10.2 Å². The number of hydrogen-bond acceptors (Lipinski definition) is 4. The van der Waals surface area contributed by atoms with E-state index in [1.165, 1.54) is 23.1 Å². The van der Waals surface area contributed by atoms with Gasteiger partial charge < -0.3 is 25.0 Å². The molecule has 134 valence electrons. The maximum absolute atomic E-state index is 13.4. The minimum absolute atomic E-state index is 0.164. The number of fused-ring (bicyclic) bond motifs is 1. The van der Waals surface area contributed by atoms with Gasteiger partial charge in [-0.3, -0.25) is 0 Å². The summed E-state index contributed by atoms with van der Waals surface area (Å²) in [7, 11) is 0. The van der Waals surface area contributed by atoms with Gasteiger partial charge in [-0.2, -0.15) is 0 Å². The molecule has 0 saturated carbocycles.